The van der Waals surface area contributed by atoms with Crippen molar-refractivity contribution < 1.29 is 23.0 Å². The van der Waals surface area contributed by atoms with E-state index in [2.05, 4.69) is 17.0 Å². The lowest BCUT2D eigenvalue weighted by Gasteiger charge is -2.37. The molecular formula is C21H23F3N2O2. The van der Waals surface area contributed by atoms with Gasteiger partial charge in [-0.05, 0) is 35.7 Å². The van der Waals surface area contributed by atoms with Crippen LogP contribution in [0.4, 0.5) is 13.2 Å². The van der Waals surface area contributed by atoms with Crippen molar-refractivity contribution in [1.82, 2.24) is 4.90 Å². The van der Waals surface area contributed by atoms with E-state index in [1.807, 2.05) is 12.1 Å². The Morgan fingerprint density at radius 3 is 2.57 bits per heavy atom. The standard InChI is InChI=1S/C21H23F3N2O2/c22-21(23,24)15-6-3-7-16(10-15)28-18-11-17(25)19(20(18)27)26-9-8-13-4-1-2-5-14(13)12-26/h1-7,10,17-20,27H,8-9,11-12,25H2/t17-,18-,19+,20+/m1/s1. The van der Waals surface area contributed by atoms with Crippen molar-refractivity contribution in [2.24, 2.45) is 5.73 Å². The first-order valence-corrected chi connectivity index (χ1v) is 9.41. The fourth-order valence-corrected chi connectivity index (χ4v) is 4.32. The zero-order valence-corrected chi connectivity index (χ0v) is 15.3. The molecule has 4 rings (SSSR count). The molecule has 1 saturated carbocycles. The van der Waals surface area contributed by atoms with Crippen molar-refractivity contribution in [3.63, 3.8) is 0 Å². The summed E-state index contributed by atoms with van der Waals surface area (Å²) >= 11 is 0. The lowest BCUT2D eigenvalue weighted by molar-refractivity contribution is -0.137. The fourth-order valence-electron chi connectivity index (χ4n) is 4.32. The van der Waals surface area contributed by atoms with Crippen LogP contribution in [0.5, 0.6) is 5.75 Å². The van der Waals surface area contributed by atoms with Crippen LogP contribution < -0.4 is 10.5 Å². The van der Waals surface area contributed by atoms with Gasteiger partial charge in [-0.25, -0.2) is 0 Å². The third-order valence-electron chi connectivity index (χ3n) is 5.70. The van der Waals surface area contributed by atoms with Gasteiger partial charge >= 0.3 is 6.18 Å². The van der Waals surface area contributed by atoms with Crippen LogP contribution in [-0.4, -0.2) is 40.8 Å². The minimum Gasteiger partial charge on any atom is -0.488 e. The summed E-state index contributed by atoms with van der Waals surface area (Å²) in [5.74, 6) is 0.0933. The monoisotopic (exact) mass is 392 g/mol. The van der Waals surface area contributed by atoms with Gasteiger partial charge in [0.15, 0.2) is 0 Å². The molecule has 1 aliphatic heterocycles. The Morgan fingerprint density at radius 2 is 1.82 bits per heavy atom. The van der Waals surface area contributed by atoms with Crippen LogP contribution in [0, 0.1) is 0 Å². The second-order valence-corrected chi connectivity index (χ2v) is 7.55. The van der Waals surface area contributed by atoms with Crippen LogP contribution in [-0.2, 0) is 19.1 Å². The molecule has 1 aliphatic carbocycles. The smallest absolute Gasteiger partial charge is 0.416 e. The van der Waals surface area contributed by atoms with Crippen molar-refractivity contribution in [3.8, 4) is 5.75 Å². The van der Waals surface area contributed by atoms with Gasteiger partial charge in [0.2, 0.25) is 0 Å². The van der Waals surface area contributed by atoms with Gasteiger partial charge in [0.05, 0.1) is 11.6 Å². The summed E-state index contributed by atoms with van der Waals surface area (Å²) in [5.41, 5.74) is 8.05. The molecule has 28 heavy (non-hydrogen) atoms. The minimum absolute atomic E-state index is 0.0933. The molecule has 0 spiro atoms. The molecule has 0 aromatic heterocycles. The molecule has 7 heteroatoms. The van der Waals surface area contributed by atoms with E-state index in [0.29, 0.717) is 13.0 Å². The van der Waals surface area contributed by atoms with Gasteiger partial charge in [-0.15, -0.1) is 0 Å². The summed E-state index contributed by atoms with van der Waals surface area (Å²) in [7, 11) is 0. The maximum absolute atomic E-state index is 12.9. The molecule has 4 atom stereocenters. The highest BCUT2D eigenvalue weighted by Crippen LogP contribution is 2.34. The highest BCUT2D eigenvalue weighted by molar-refractivity contribution is 5.31. The number of halogens is 3. The number of alkyl halides is 3. The summed E-state index contributed by atoms with van der Waals surface area (Å²) in [6.07, 6.45) is -4.67. The number of hydrogen-bond acceptors (Lipinski definition) is 4. The molecule has 0 radical (unpaired) electrons. The first kappa shape index (κ1) is 19.2. The number of nitrogens with zero attached hydrogens (tertiary/aromatic N) is 1. The van der Waals surface area contributed by atoms with E-state index in [0.717, 1.165) is 25.1 Å². The number of hydrogen-bond donors (Lipinski definition) is 2. The van der Waals surface area contributed by atoms with Gasteiger partial charge in [-0.1, -0.05) is 30.3 Å². The Bertz CT molecular complexity index is 842. The first-order valence-electron chi connectivity index (χ1n) is 9.41. The Kier molecular flexibility index (Phi) is 5.07. The van der Waals surface area contributed by atoms with Gasteiger partial charge in [0, 0.05) is 25.6 Å². The number of fused-ring (bicyclic) bond motifs is 1. The molecule has 2 aromatic carbocycles. The second kappa shape index (κ2) is 7.39. The number of aliphatic hydroxyl groups excluding tert-OH is 1. The number of ether oxygens (including phenoxy) is 1. The second-order valence-electron chi connectivity index (χ2n) is 7.55. The first-order chi connectivity index (χ1) is 13.3. The predicted octanol–water partition coefficient (Wildman–Crippen LogP) is 2.97. The highest BCUT2D eigenvalue weighted by atomic mass is 19.4. The minimum atomic E-state index is -4.44. The van der Waals surface area contributed by atoms with E-state index >= 15 is 0 Å². The van der Waals surface area contributed by atoms with Crippen molar-refractivity contribution in [1.29, 1.82) is 0 Å². The molecule has 0 saturated heterocycles. The van der Waals surface area contributed by atoms with E-state index in [1.165, 1.54) is 23.3 Å². The molecular weight excluding hydrogens is 369 g/mol. The third kappa shape index (κ3) is 3.74. The van der Waals surface area contributed by atoms with E-state index in [-0.39, 0.29) is 17.8 Å². The average molecular weight is 392 g/mol. The number of aliphatic hydroxyl groups is 1. The van der Waals surface area contributed by atoms with Crippen LogP contribution in [0.3, 0.4) is 0 Å². The number of benzene rings is 2. The van der Waals surface area contributed by atoms with Crippen molar-refractivity contribution >= 4 is 0 Å². The highest BCUT2D eigenvalue weighted by Gasteiger charge is 2.45. The fraction of sp³-hybridized carbons (Fsp3) is 0.429. The largest absolute Gasteiger partial charge is 0.488 e. The molecule has 150 valence electrons. The Morgan fingerprint density at radius 1 is 1.07 bits per heavy atom. The predicted molar refractivity (Wildman–Crippen MR) is 98.8 cm³/mol. The quantitative estimate of drug-likeness (QED) is 0.843. The molecule has 1 heterocycles. The van der Waals surface area contributed by atoms with Crippen LogP contribution in [0.2, 0.25) is 0 Å². The van der Waals surface area contributed by atoms with E-state index in [1.54, 1.807) is 0 Å². The number of nitrogens with two attached hydrogens (primary N) is 1. The summed E-state index contributed by atoms with van der Waals surface area (Å²) in [6, 6.07) is 12.3. The van der Waals surface area contributed by atoms with Crippen molar-refractivity contribution in [3.05, 3.63) is 65.2 Å². The third-order valence-corrected chi connectivity index (χ3v) is 5.70. The zero-order chi connectivity index (χ0) is 19.9. The van der Waals surface area contributed by atoms with E-state index in [4.69, 9.17) is 10.5 Å². The molecule has 0 bridgehead atoms. The van der Waals surface area contributed by atoms with Crippen LogP contribution in [0.1, 0.15) is 23.1 Å². The molecule has 1 fully saturated rings. The lowest BCUT2D eigenvalue weighted by atomic mass is 9.97. The summed E-state index contributed by atoms with van der Waals surface area (Å²) in [6.45, 7) is 1.48. The molecule has 2 aromatic rings. The normalized spacial score (nSPS) is 28.2. The molecule has 3 N–H and O–H groups in total. The molecule has 0 amide bonds. The van der Waals surface area contributed by atoms with Crippen molar-refractivity contribution in [2.45, 2.75) is 49.9 Å². The Hall–Kier alpha value is -2.09. The number of rotatable bonds is 3. The van der Waals surface area contributed by atoms with Gasteiger partial charge in [-0.2, -0.15) is 13.2 Å². The Balaban J connectivity index is 1.48. The topological polar surface area (TPSA) is 58.7 Å². The maximum atomic E-state index is 12.9. The lowest BCUT2D eigenvalue weighted by Crippen LogP contribution is -2.52. The zero-order valence-electron chi connectivity index (χ0n) is 15.3. The summed E-state index contributed by atoms with van der Waals surface area (Å²) in [4.78, 5) is 2.16. The maximum Gasteiger partial charge on any atom is 0.416 e. The van der Waals surface area contributed by atoms with Crippen LogP contribution in [0.25, 0.3) is 0 Å². The van der Waals surface area contributed by atoms with E-state index in [9.17, 15) is 18.3 Å². The molecule has 4 nitrogen and oxygen atoms in total. The molecule has 0 unspecified atom stereocenters. The van der Waals surface area contributed by atoms with E-state index < -0.39 is 23.9 Å². The van der Waals surface area contributed by atoms with Gasteiger partial charge in [0.1, 0.15) is 18.0 Å². The summed E-state index contributed by atoms with van der Waals surface area (Å²) in [5, 5.41) is 10.8. The SMILES string of the molecule is N[C@@H]1C[C@@H](Oc2cccc(C(F)(F)F)c2)[C@H](O)[C@H]1N1CCc2ccccc2C1. The van der Waals surface area contributed by atoms with Crippen LogP contribution in [0.15, 0.2) is 48.5 Å². The van der Waals surface area contributed by atoms with Gasteiger partial charge in [-0.3, -0.25) is 4.90 Å². The van der Waals surface area contributed by atoms with Gasteiger partial charge < -0.3 is 15.6 Å². The average Bonchev–Trinajstić information content (AvgIpc) is 2.94. The molecule has 2 aliphatic rings. The van der Waals surface area contributed by atoms with Crippen molar-refractivity contribution in [2.75, 3.05) is 6.54 Å². The van der Waals surface area contributed by atoms with Gasteiger partial charge in [0.25, 0.3) is 0 Å². The van der Waals surface area contributed by atoms with Crippen LogP contribution >= 0.6 is 0 Å². The summed E-state index contributed by atoms with van der Waals surface area (Å²) < 4.78 is 44.5. The Labute approximate surface area is 161 Å².